The highest BCUT2D eigenvalue weighted by Crippen LogP contribution is 2.30. The number of fused-ring (bicyclic) bond motifs is 1. The van der Waals surface area contributed by atoms with E-state index >= 15 is 0 Å². The van der Waals surface area contributed by atoms with Crippen molar-refractivity contribution in [1.82, 2.24) is 20.1 Å². The molecule has 2 aromatic rings. The summed E-state index contributed by atoms with van der Waals surface area (Å²) < 4.78 is 7.02. The van der Waals surface area contributed by atoms with E-state index in [2.05, 4.69) is 15.4 Å². The predicted molar refractivity (Wildman–Crippen MR) is 83.0 cm³/mol. The van der Waals surface area contributed by atoms with E-state index < -0.39 is 0 Å². The second-order valence-electron chi connectivity index (χ2n) is 5.21. The van der Waals surface area contributed by atoms with Crippen LogP contribution in [0.15, 0.2) is 0 Å². The van der Waals surface area contributed by atoms with E-state index in [0.29, 0.717) is 18.7 Å². The number of amides is 1. The maximum atomic E-state index is 11.7. The molecule has 0 aromatic carbocycles. The summed E-state index contributed by atoms with van der Waals surface area (Å²) in [6.07, 6.45) is 0.952. The summed E-state index contributed by atoms with van der Waals surface area (Å²) in [6.45, 7) is 4.17. The molecule has 0 bridgehead atoms. The van der Waals surface area contributed by atoms with Crippen molar-refractivity contribution in [2.45, 2.75) is 26.7 Å². The Labute approximate surface area is 129 Å². The van der Waals surface area contributed by atoms with Crippen LogP contribution in [0.3, 0.4) is 0 Å². The Morgan fingerprint density at radius 1 is 1.41 bits per heavy atom. The fourth-order valence-electron chi connectivity index (χ4n) is 2.63. The molecule has 22 heavy (non-hydrogen) atoms. The zero-order chi connectivity index (χ0) is 16.3. The minimum Gasteiger partial charge on any atom is -0.479 e. The minimum absolute atomic E-state index is 0.0514. The maximum Gasteiger partial charge on any atom is 0.242 e. The molecule has 0 fully saturated rings. The fourth-order valence-corrected chi connectivity index (χ4v) is 2.63. The Balaban J connectivity index is 2.32. The topological polar surface area (TPSA) is 89.3 Å². The monoisotopic (exact) mass is 306 g/mol. The van der Waals surface area contributed by atoms with Gasteiger partial charge in [-0.1, -0.05) is 0 Å². The van der Waals surface area contributed by atoms with Crippen molar-refractivity contribution in [1.29, 1.82) is 0 Å². The van der Waals surface area contributed by atoms with Crippen LogP contribution >= 0.6 is 0 Å². The minimum atomic E-state index is -0.0777. The number of rotatable bonds is 6. The first-order valence-corrected chi connectivity index (χ1v) is 7.24. The fraction of sp³-hybridized carbons (Fsp3) is 0.533. The lowest BCUT2D eigenvalue weighted by atomic mass is 10.00. The molecule has 2 heterocycles. The number of hydrogen-bond acceptors (Lipinski definition) is 5. The molecule has 7 nitrogen and oxygen atoms in total. The third-order valence-electron chi connectivity index (χ3n) is 3.75. The van der Waals surface area contributed by atoms with Crippen LogP contribution < -0.4 is 10.1 Å². The second-order valence-corrected chi connectivity index (χ2v) is 5.21. The molecule has 0 aliphatic heterocycles. The summed E-state index contributed by atoms with van der Waals surface area (Å²) in [5, 5.41) is 16.6. The van der Waals surface area contributed by atoms with Crippen LogP contribution in [0.25, 0.3) is 11.0 Å². The number of methoxy groups -OCH3 is 1. The molecule has 0 spiro atoms. The standard InChI is InChI=1S/C15H22N4O3/c1-9-11(5-6-12(21)16-7-8-20)10(2)17-14-13(9)15(22-4)18-19(14)3/h20H,5-8H2,1-4H3,(H,16,21). The number of nitrogens with one attached hydrogen (secondary N) is 1. The Kier molecular flexibility index (Phi) is 4.97. The number of ether oxygens (including phenoxy) is 1. The van der Waals surface area contributed by atoms with Crippen molar-refractivity contribution in [3.63, 3.8) is 0 Å². The summed E-state index contributed by atoms with van der Waals surface area (Å²) in [5.41, 5.74) is 3.76. The highest BCUT2D eigenvalue weighted by molar-refractivity contribution is 5.86. The first-order valence-electron chi connectivity index (χ1n) is 7.24. The molecule has 120 valence electrons. The SMILES string of the molecule is COc1nn(C)c2nc(C)c(CCC(=O)NCCO)c(C)c12. The van der Waals surface area contributed by atoms with E-state index in [0.717, 1.165) is 27.9 Å². The van der Waals surface area contributed by atoms with Gasteiger partial charge in [0.1, 0.15) is 0 Å². The van der Waals surface area contributed by atoms with Gasteiger partial charge < -0.3 is 15.2 Å². The Bertz CT molecular complexity index is 694. The Morgan fingerprint density at radius 2 is 2.14 bits per heavy atom. The molecule has 2 N–H and O–H groups in total. The third-order valence-corrected chi connectivity index (χ3v) is 3.75. The normalized spacial score (nSPS) is 11.0. The highest BCUT2D eigenvalue weighted by Gasteiger charge is 2.18. The van der Waals surface area contributed by atoms with Gasteiger partial charge in [-0.2, -0.15) is 0 Å². The van der Waals surface area contributed by atoms with E-state index in [1.54, 1.807) is 11.8 Å². The van der Waals surface area contributed by atoms with Gasteiger partial charge in [0, 0.05) is 25.7 Å². The highest BCUT2D eigenvalue weighted by atomic mass is 16.5. The summed E-state index contributed by atoms with van der Waals surface area (Å²) in [7, 11) is 3.42. The van der Waals surface area contributed by atoms with Crippen LogP contribution in [-0.4, -0.2) is 46.0 Å². The van der Waals surface area contributed by atoms with Gasteiger partial charge in [-0.3, -0.25) is 4.79 Å². The predicted octanol–water partition coefficient (Wildman–Crippen LogP) is 0.635. The van der Waals surface area contributed by atoms with Crippen molar-refractivity contribution in [2.75, 3.05) is 20.3 Å². The maximum absolute atomic E-state index is 11.7. The molecule has 2 rings (SSSR count). The Hall–Kier alpha value is -2.15. The molecule has 0 saturated heterocycles. The quantitative estimate of drug-likeness (QED) is 0.817. The molecular weight excluding hydrogens is 284 g/mol. The van der Waals surface area contributed by atoms with Gasteiger partial charge in [-0.15, -0.1) is 5.10 Å². The molecule has 1 amide bonds. The van der Waals surface area contributed by atoms with Crippen LogP contribution in [0.5, 0.6) is 5.88 Å². The number of aryl methyl sites for hydroxylation is 3. The molecule has 0 aliphatic rings. The van der Waals surface area contributed by atoms with E-state index in [-0.39, 0.29) is 19.1 Å². The van der Waals surface area contributed by atoms with Crippen molar-refractivity contribution >= 4 is 16.9 Å². The van der Waals surface area contributed by atoms with Gasteiger partial charge in [0.15, 0.2) is 5.65 Å². The van der Waals surface area contributed by atoms with Gasteiger partial charge in [0.25, 0.3) is 0 Å². The van der Waals surface area contributed by atoms with Gasteiger partial charge in [0.2, 0.25) is 11.8 Å². The van der Waals surface area contributed by atoms with Crippen molar-refractivity contribution in [3.05, 3.63) is 16.8 Å². The zero-order valence-electron chi connectivity index (χ0n) is 13.4. The number of carbonyl (C=O) groups is 1. The summed E-state index contributed by atoms with van der Waals surface area (Å²) >= 11 is 0. The number of carbonyl (C=O) groups excluding carboxylic acids is 1. The van der Waals surface area contributed by atoms with Crippen LogP contribution in [0.4, 0.5) is 0 Å². The number of aliphatic hydroxyl groups excluding tert-OH is 1. The lowest BCUT2D eigenvalue weighted by Crippen LogP contribution is -2.26. The lowest BCUT2D eigenvalue weighted by Gasteiger charge is -2.11. The third kappa shape index (κ3) is 3.04. The number of pyridine rings is 1. The summed E-state index contributed by atoms with van der Waals surface area (Å²) in [6, 6.07) is 0. The van der Waals surface area contributed by atoms with E-state index in [1.165, 1.54) is 0 Å². The summed E-state index contributed by atoms with van der Waals surface area (Å²) in [4.78, 5) is 16.3. The molecule has 0 atom stereocenters. The molecule has 0 aliphatic carbocycles. The molecular formula is C15H22N4O3. The van der Waals surface area contributed by atoms with Crippen molar-refractivity contribution in [3.8, 4) is 5.88 Å². The summed E-state index contributed by atoms with van der Waals surface area (Å²) in [5.74, 6) is 0.472. The second kappa shape index (κ2) is 6.74. The van der Waals surface area contributed by atoms with Crippen LogP contribution in [0, 0.1) is 13.8 Å². The molecule has 2 aromatic heterocycles. The lowest BCUT2D eigenvalue weighted by molar-refractivity contribution is -0.121. The van der Waals surface area contributed by atoms with Gasteiger partial charge >= 0.3 is 0 Å². The van der Waals surface area contributed by atoms with Crippen LogP contribution in [0.2, 0.25) is 0 Å². The average molecular weight is 306 g/mol. The average Bonchev–Trinajstić information content (AvgIpc) is 2.81. The van der Waals surface area contributed by atoms with Crippen LogP contribution in [0.1, 0.15) is 23.2 Å². The molecule has 0 saturated carbocycles. The molecule has 0 unspecified atom stereocenters. The molecule has 7 heteroatoms. The van der Waals surface area contributed by atoms with E-state index in [4.69, 9.17) is 9.84 Å². The number of hydrogen-bond donors (Lipinski definition) is 2. The van der Waals surface area contributed by atoms with E-state index in [1.807, 2.05) is 20.9 Å². The smallest absolute Gasteiger partial charge is 0.242 e. The number of aromatic nitrogens is 3. The van der Waals surface area contributed by atoms with Gasteiger partial charge in [-0.25, -0.2) is 9.67 Å². The van der Waals surface area contributed by atoms with E-state index in [9.17, 15) is 4.79 Å². The number of nitrogens with zero attached hydrogens (tertiary/aromatic N) is 3. The largest absolute Gasteiger partial charge is 0.479 e. The van der Waals surface area contributed by atoms with Gasteiger partial charge in [0.05, 0.1) is 19.1 Å². The van der Waals surface area contributed by atoms with Crippen molar-refractivity contribution < 1.29 is 14.6 Å². The Morgan fingerprint density at radius 3 is 2.77 bits per heavy atom. The van der Waals surface area contributed by atoms with Gasteiger partial charge in [-0.05, 0) is 31.4 Å². The number of aliphatic hydroxyl groups is 1. The van der Waals surface area contributed by atoms with Crippen molar-refractivity contribution in [2.24, 2.45) is 7.05 Å². The first kappa shape index (κ1) is 16.2. The van der Waals surface area contributed by atoms with Crippen LogP contribution in [-0.2, 0) is 18.3 Å². The molecule has 0 radical (unpaired) electrons. The zero-order valence-corrected chi connectivity index (χ0v) is 13.4. The first-order chi connectivity index (χ1) is 10.5.